The van der Waals surface area contributed by atoms with E-state index < -0.39 is 12.6 Å². The molecular formula is C12H22F3NO. The zero-order valence-corrected chi connectivity index (χ0v) is 10.4. The molecular weight excluding hydrogens is 231 g/mol. The van der Waals surface area contributed by atoms with Crippen molar-refractivity contribution in [2.75, 3.05) is 20.3 Å². The molecule has 1 fully saturated rings. The maximum absolute atomic E-state index is 11.8. The average molecular weight is 253 g/mol. The van der Waals surface area contributed by atoms with Gasteiger partial charge in [-0.1, -0.05) is 6.42 Å². The Hall–Kier alpha value is -0.290. The quantitative estimate of drug-likeness (QED) is 0.704. The zero-order valence-electron chi connectivity index (χ0n) is 10.4. The second-order valence-electron chi connectivity index (χ2n) is 4.71. The van der Waals surface area contributed by atoms with Gasteiger partial charge in [0.1, 0.15) is 0 Å². The number of ether oxygens (including phenoxy) is 1. The summed E-state index contributed by atoms with van der Waals surface area (Å²) in [7, 11) is 1.97. The van der Waals surface area contributed by atoms with E-state index in [1.54, 1.807) is 0 Å². The normalized spacial score (nSPS) is 25.4. The average Bonchev–Trinajstić information content (AvgIpc) is 2.69. The molecule has 5 heteroatoms. The minimum Gasteiger partial charge on any atom is -0.381 e. The van der Waals surface area contributed by atoms with Crippen molar-refractivity contribution in [3.05, 3.63) is 0 Å². The molecule has 1 aliphatic carbocycles. The first kappa shape index (κ1) is 14.8. The fourth-order valence-corrected chi connectivity index (χ4v) is 2.47. The molecule has 102 valence electrons. The van der Waals surface area contributed by atoms with E-state index in [9.17, 15) is 13.2 Å². The van der Waals surface area contributed by atoms with Crippen LogP contribution < -0.4 is 5.32 Å². The largest absolute Gasteiger partial charge is 0.389 e. The highest BCUT2D eigenvalue weighted by Crippen LogP contribution is 2.28. The van der Waals surface area contributed by atoms with Crippen molar-refractivity contribution >= 4 is 0 Å². The second kappa shape index (κ2) is 7.21. The molecule has 0 radical (unpaired) electrons. The predicted octanol–water partition coefficient (Wildman–Crippen LogP) is 3.12. The summed E-state index contributed by atoms with van der Waals surface area (Å²) in [5, 5.41) is 3.28. The summed E-state index contributed by atoms with van der Waals surface area (Å²) in [5.74, 6) is 0.627. The fraction of sp³-hybridized carbons (Fsp3) is 1.00. The lowest BCUT2D eigenvalue weighted by Gasteiger charge is -2.18. The Morgan fingerprint density at radius 1 is 1.24 bits per heavy atom. The standard InChI is InChI=1S/C12H22F3NO/c1-16-11-5-2-4-10(11)6-9-17-8-3-7-12(13,14)15/h10-11,16H,2-9H2,1H3. The van der Waals surface area contributed by atoms with Gasteiger partial charge in [0.2, 0.25) is 0 Å². The third kappa shape index (κ3) is 6.27. The van der Waals surface area contributed by atoms with E-state index in [-0.39, 0.29) is 13.0 Å². The number of nitrogens with one attached hydrogen (secondary N) is 1. The highest BCUT2D eigenvalue weighted by Gasteiger charge is 2.26. The Morgan fingerprint density at radius 3 is 2.65 bits per heavy atom. The highest BCUT2D eigenvalue weighted by molar-refractivity contribution is 4.81. The SMILES string of the molecule is CNC1CCCC1CCOCCCC(F)(F)F. The molecule has 0 aromatic heterocycles. The van der Waals surface area contributed by atoms with Crippen LogP contribution in [0, 0.1) is 5.92 Å². The van der Waals surface area contributed by atoms with Crippen molar-refractivity contribution in [3.63, 3.8) is 0 Å². The third-order valence-electron chi connectivity index (χ3n) is 3.41. The van der Waals surface area contributed by atoms with Crippen LogP contribution in [-0.4, -0.2) is 32.5 Å². The van der Waals surface area contributed by atoms with Crippen molar-refractivity contribution in [1.29, 1.82) is 0 Å². The van der Waals surface area contributed by atoms with Gasteiger partial charge in [-0.2, -0.15) is 13.2 Å². The van der Waals surface area contributed by atoms with E-state index in [1.165, 1.54) is 19.3 Å². The molecule has 0 amide bonds. The Morgan fingerprint density at radius 2 is 2.00 bits per heavy atom. The summed E-state index contributed by atoms with van der Waals surface area (Å²) in [6.07, 6.45) is -0.111. The molecule has 0 heterocycles. The molecule has 1 aliphatic rings. The maximum atomic E-state index is 11.8. The molecule has 2 nitrogen and oxygen atoms in total. The Balaban J connectivity index is 1.97. The minimum atomic E-state index is -4.05. The summed E-state index contributed by atoms with van der Waals surface area (Å²) in [6, 6.07) is 0.564. The molecule has 0 spiro atoms. The number of rotatable bonds is 7. The number of halogens is 3. The number of hydrogen-bond acceptors (Lipinski definition) is 2. The minimum absolute atomic E-state index is 0.0730. The first-order chi connectivity index (χ1) is 8.03. The van der Waals surface area contributed by atoms with E-state index in [1.807, 2.05) is 7.05 Å². The molecule has 1 rings (SSSR count). The van der Waals surface area contributed by atoms with Crippen LogP contribution in [0.5, 0.6) is 0 Å². The maximum Gasteiger partial charge on any atom is 0.389 e. The summed E-state index contributed by atoms with van der Waals surface area (Å²) in [4.78, 5) is 0. The molecule has 1 saturated carbocycles. The van der Waals surface area contributed by atoms with Gasteiger partial charge in [0, 0.05) is 25.7 Å². The summed E-state index contributed by atoms with van der Waals surface area (Å²) in [5.41, 5.74) is 0. The first-order valence-corrected chi connectivity index (χ1v) is 6.34. The van der Waals surface area contributed by atoms with Crippen LogP contribution in [0.3, 0.4) is 0 Å². The zero-order chi connectivity index (χ0) is 12.7. The van der Waals surface area contributed by atoms with E-state index in [2.05, 4.69) is 5.32 Å². The molecule has 0 bridgehead atoms. The molecule has 2 unspecified atom stereocenters. The molecule has 0 saturated heterocycles. The Kier molecular flexibility index (Phi) is 6.27. The summed E-state index contributed by atoms with van der Waals surface area (Å²) in [6.45, 7) is 0.803. The molecule has 0 aliphatic heterocycles. The van der Waals surface area contributed by atoms with Crippen molar-refractivity contribution in [2.45, 2.75) is 50.7 Å². The van der Waals surface area contributed by atoms with Gasteiger partial charge in [-0.3, -0.25) is 0 Å². The van der Waals surface area contributed by atoms with Crippen molar-refractivity contribution in [1.82, 2.24) is 5.32 Å². The lowest BCUT2D eigenvalue weighted by atomic mass is 10.0. The van der Waals surface area contributed by atoms with Gasteiger partial charge in [0.05, 0.1) is 0 Å². The van der Waals surface area contributed by atoms with E-state index in [4.69, 9.17) is 4.74 Å². The van der Waals surface area contributed by atoms with Gasteiger partial charge >= 0.3 is 6.18 Å². The highest BCUT2D eigenvalue weighted by atomic mass is 19.4. The molecule has 2 atom stereocenters. The number of hydrogen-bond donors (Lipinski definition) is 1. The van der Waals surface area contributed by atoms with Crippen LogP contribution in [-0.2, 0) is 4.74 Å². The lowest BCUT2D eigenvalue weighted by molar-refractivity contribution is -0.137. The molecule has 17 heavy (non-hydrogen) atoms. The number of alkyl halides is 3. The Labute approximate surface area is 101 Å². The van der Waals surface area contributed by atoms with Crippen molar-refractivity contribution in [3.8, 4) is 0 Å². The summed E-state index contributed by atoms with van der Waals surface area (Å²) >= 11 is 0. The second-order valence-corrected chi connectivity index (χ2v) is 4.71. The van der Waals surface area contributed by atoms with Gasteiger partial charge < -0.3 is 10.1 Å². The first-order valence-electron chi connectivity index (χ1n) is 6.34. The van der Waals surface area contributed by atoms with Crippen LogP contribution in [0.2, 0.25) is 0 Å². The smallest absolute Gasteiger partial charge is 0.381 e. The Bertz CT molecular complexity index is 208. The topological polar surface area (TPSA) is 21.3 Å². The van der Waals surface area contributed by atoms with Crippen LogP contribution in [0.25, 0.3) is 0 Å². The van der Waals surface area contributed by atoms with Crippen LogP contribution in [0.15, 0.2) is 0 Å². The van der Waals surface area contributed by atoms with Gasteiger partial charge in [0.15, 0.2) is 0 Å². The third-order valence-corrected chi connectivity index (χ3v) is 3.41. The van der Waals surface area contributed by atoms with E-state index >= 15 is 0 Å². The van der Waals surface area contributed by atoms with Gasteiger partial charge in [0.25, 0.3) is 0 Å². The van der Waals surface area contributed by atoms with Crippen LogP contribution >= 0.6 is 0 Å². The summed E-state index contributed by atoms with van der Waals surface area (Å²) < 4.78 is 40.8. The van der Waals surface area contributed by atoms with Gasteiger partial charge in [-0.25, -0.2) is 0 Å². The lowest BCUT2D eigenvalue weighted by Crippen LogP contribution is -2.29. The monoisotopic (exact) mass is 253 g/mol. The fourth-order valence-electron chi connectivity index (χ4n) is 2.47. The van der Waals surface area contributed by atoms with Crippen molar-refractivity contribution < 1.29 is 17.9 Å². The van der Waals surface area contributed by atoms with E-state index in [0.29, 0.717) is 18.6 Å². The van der Waals surface area contributed by atoms with E-state index in [0.717, 1.165) is 6.42 Å². The van der Waals surface area contributed by atoms with Crippen LogP contribution in [0.4, 0.5) is 13.2 Å². The molecule has 0 aromatic rings. The van der Waals surface area contributed by atoms with Crippen molar-refractivity contribution in [2.24, 2.45) is 5.92 Å². The predicted molar refractivity (Wildman–Crippen MR) is 60.9 cm³/mol. The van der Waals surface area contributed by atoms with Gasteiger partial charge in [-0.05, 0) is 38.6 Å². The van der Waals surface area contributed by atoms with Crippen LogP contribution in [0.1, 0.15) is 38.5 Å². The molecule has 0 aromatic carbocycles. The van der Waals surface area contributed by atoms with Gasteiger partial charge in [-0.15, -0.1) is 0 Å². The molecule has 1 N–H and O–H groups in total.